The number of allylic oxidation sites excluding steroid dienone is 1. The summed E-state index contributed by atoms with van der Waals surface area (Å²) in [7, 11) is 1.11. The van der Waals surface area contributed by atoms with Crippen LogP contribution in [0.4, 0.5) is 0 Å². The highest BCUT2D eigenvalue weighted by atomic mass is 16.5. The molecule has 8 nitrogen and oxygen atoms in total. The maximum atomic E-state index is 13.6. The van der Waals surface area contributed by atoms with Crippen LogP contribution in [0, 0.1) is 0 Å². The summed E-state index contributed by atoms with van der Waals surface area (Å²) >= 11 is 0. The first-order valence-corrected chi connectivity index (χ1v) is 10.6. The van der Waals surface area contributed by atoms with Crippen molar-refractivity contribution in [1.29, 1.82) is 0 Å². The maximum Gasteiger partial charge on any atom is 0.343 e. The van der Waals surface area contributed by atoms with Gasteiger partial charge in [0.25, 0.3) is 0 Å². The number of benzene rings is 2. The summed E-state index contributed by atoms with van der Waals surface area (Å²) in [6.07, 6.45) is 2.95. The number of phenolic OH excluding ortho intramolecular Hbond substituents is 1. The SMILES string of the molecule is C=C(C)c1cc2c(=O)c3c(O)cc4c(c3oc2c2c1[C@@](O)(C(=O)OC)CC2=O)C=CC(C)(C)O4. The number of rotatable bonds is 2. The van der Waals surface area contributed by atoms with Gasteiger partial charge in [-0.3, -0.25) is 9.59 Å². The van der Waals surface area contributed by atoms with Crippen molar-refractivity contribution in [3.63, 3.8) is 0 Å². The lowest BCUT2D eigenvalue weighted by molar-refractivity contribution is -0.162. The van der Waals surface area contributed by atoms with Gasteiger partial charge in [0.2, 0.25) is 5.43 Å². The van der Waals surface area contributed by atoms with E-state index in [1.54, 1.807) is 19.1 Å². The molecular weight excluding hydrogens is 440 g/mol. The number of ketones is 1. The minimum atomic E-state index is -2.25. The first-order chi connectivity index (χ1) is 15.9. The largest absolute Gasteiger partial charge is 0.507 e. The Kier molecular flexibility index (Phi) is 4.38. The number of carbonyl (C=O) groups excluding carboxylic acids is 2. The van der Waals surface area contributed by atoms with Crippen LogP contribution in [0.2, 0.25) is 0 Å². The molecule has 8 heteroatoms. The molecule has 174 valence electrons. The molecule has 1 aliphatic heterocycles. The van der Waals surface area contributed by atoms with E-state index in [2.05, 4.69) is 6.58 Å². The molecule has 0 radical (unpaired) electrons. The summed E-state index contributed by atoms with van der Waals surface area (Å²) in [5, 5.41) is 21.9. The van der Waals surface area contributed by atoms with Gasteiger partial charge in [-0.25, -0.2) is 4.79 Å². The molecule has 5 rings (SSSR count). The molecule has 1 aliphatic carbocycles. The average Bonchev–Trinajstić information content (AvgIpc) is 3.03. The van der Waals surface area contributed by atoms with Gasteiger partial charge in [-0.2, -0.15) is 0 Å². The fourth-order valence-corrected chi connectivity index (χ4v) is 4.77. The molecule has 0 spiro atoms. The molecule has 2 N–H and O–H groups in total. The molecule has 0 unspecified atom stereocenters. The lowest BCUT2D eigenvalue weighted by Gasteiger charge is -2.28. The van der Waals surface area contributed by atoms with Gasteiger partial charge in [-0.05, 0) is 44.6 Å². The Morgan fingerprint density at radius 2 is 1.91 bits per heavy atom. The second-order valence-electron chi connectivity index (χ2n) is 9.26. The molecule has 0 saturated carbocycles. The Bertz CT molecular complexity index is 1570. The van der Waals surface area contributed by atoms with E-state index >= 15 is 0 Å². The average molecular weight is 462 g/mol. The third-order valence-electron chi connectivity index (χ3n) is 6.33. The molecule has 3 aromatic rings. The minimum absolute atomic E-state index is 0.00574. The van der Waals surface area contributed by atoms with E-state index in [9.17, 15) is 24.6 Å². The van der Waals surface area contributed by atoms with E-state index in [1.807, 2.05) is 13.8 Å². The van der Waals surface area contributed by atoms with Gasteiger partial charge >= 0.3 is 5.97 Å². The van der Waals surface area contributed by atoms with Gasteiger partial charge in [0.05, 0.1) is 30.0 Å². The number of hydrogen-bond acceptors (Lipinski definition) is 8. The number of phenols is 1. The van der Waals surface area contributed by atoms with Gasteiger partial charge in [-0.1, -0.05) is 12.2 Å². The summed E-state index contributed by atoms with van der Waals surface area (Å²) in [6.45, 7) is 9.18. The zero-order chi connectivity index (χ0) is 24.7. The van der Waals surface area contributed by atoms with E-state index in [0.717, 1.165) is 7.11 Å². The third-order valence-corrected chi connectivity index (χ3v) is 6.33. The molecule has 2 aliphatic rings. The van der Waals surface area contributed by atoms with Gasteiger partial charge in [0.1, 0.15) is 28.1 Å². The third kappa shape index (κ3) is 2.78. The zero-order valence-electron chi connectivity index (χ0n) is 19.1. The van der Waals surface area contributed by atoms with E-state index in [1.165, 1.54) is 12.1 Å². The normalized spacial score (nSPS) is 20.2. The molecule has 0 amide bonds. The Labute approximate surface area is 193 Å². The van der Waals surface area contributed by atoms with E-state index in [0.29, 0.717) is 16.9 Å². The molecule has 0 bridgehead atoms. The van der Waals surface area contributed by atoms with Gasteiger partial charge < -0.3 is 24.1 Å². The van der Waals surface area contributed by atoms with Crippen molar-refractivity contribution < 1.29 is 33.7 Å². The molecular formula is C26H22O8. The van der Waals surface area contributed by atoms with Crippen LogP contribution >= 0.6 is 0 Å². The number of ether oxygens (including phenoxy) is 2. The van der Waals surface area contributed by atoms with Crippen molar-refractivity contribution >= 4 is 45.3 Å². The van der Waals surface area contributed by atoms with Crippen LogP contribution in [0.3, 0.4) is 0 Å². The van der Waals surface area contributed by atoms with Crippen LogP contribution in [0.1, 0.15) is 54.2 Å². The van der Waals surface area contributed by atoms with Crippen LogP contribution in [0.25, 0.3) is 33.6 Å². The number of esters is 1. The van der Waals surface area contributed by atoms with Gasteiger partial charge in [0, 0.05) is 11.6 Å². The fourth-order valence-electron chi connectivity index (χ4n) is 4.77. The van der Waals surface area contributed by atoms with Crippen molar-refractivity contribution in [3.05, 3.63) is 57.3 Å². The van der Waals surface area contributed by atoms with Crippen LogP contribution in [0.5, 0.6) is 11.5 Å². The Morgan fingerprint density at radius 3 is 2.56 bits per heavy atom. The van der Waals surface area contributed by atoms with Gasteiger partial charge in [-0.15, -0.1) is 0 Å². The highest BCUT2D eigenvalue weighted by Gasteiger charge is 2.52. The second-order valence-corrected chi connectivity index (χ2v) is 9.26. The molecule has 0 saturated heterocycles. The van der Waals surface area contributed by atoms with Crippen molar-refractivity contribution in [2.45, 2.75) is 38.4 Å². The molecule has 1 aromatic heterocycles. The minimum Gasteiger partial charge on any atom is -0.507 e. The van der Waals surface area contributed by atoms with Crippen molar-refractivity contribution in [1.82, 2.24) is 0 Å². The number of aliphatic hydroxyl groups is 1. The number of carbonyl (C=O) groups is 2. The summed E-state index contributed by atoms with van der Waals surface area (Å²) < 4.78 is 16.8. The van der Waals surface area contributed by atoms with Crippen LogP contribution in [0.15, 0.2) is 34.0 Å². The molecule has 34 heavy (non-hydrogen) atoms. The summed E-state index contributed by atoms with van der Waals surface area (Å²) in [5.41, 5.74) is -2.50. The number of fused-ring (bicyclic) bond motifs is 6. The fraction of sp³-hybridized carbons (Fsp3) is 0.269. The van der Waals surface area contributed by atoms with Gasteiger partial charge in [0.15, 0.2) is 17.0 Å². The lowest BCUT2D eigenvalue weighted by Crippen LogP contribution is -2.35. The van der Waals surface area contributed by atoms with Crippen LogP contribution < -0.4 is 10.2 Å². The van der Waals surface area contributed by atoms with Crippen LogP contribution in [-0.4, -0.2) is 34.7 Å². The number of methoxy groups -OCH3 is 1. The Hall–Kier alpha value is -3.91. The Balaban J connectivity index is 1.98. The number of hydrogen-bond donors (Lipinski definition) is 2. The second kappa shape index (κ2) is 6.80. The highest BCUT2D eigenvalue weighted by molar-refractivity contribution is 6.16. The predicted molar refractivity (Wildman–Crippen MR) is 125 cm³/mol. The monoisotopic (exact) mass is 462 g/mol. The standard InChI is InChI=1S/C26H22O8/c1-11(2)13-8-14-21(29)19-15(27)9-17-12(6-7-25(3,4)34-17)22(19)33-23(14)18-16(28)10-26(31,20(13)18)24(30)32-5/h6-9,27,31H,1,10H2,2-5H3/t26-/m1/s1. The summed E-state index contributed by atoms with van der Waals surface area (Å²) in [4.78, 5) is 39.2. The Morgan fingerprint density at radius 1 is 1.21 bits per heavy atom. The summed E-state index contributed by atoms with van der Waals surface area (Å²) in [6, 6.07) is 2.78. The van der Waals surface area contributed by atoms with Crippen LogP contribution in [-0.2, 0) is 15.1 Å². The zero-order valence-corrected chi connectivity index (χ0v) is 19.1. The van der Waals surface area contributed by atoms with Crippen molar-refractivity contribution in [2.24, 2.45) is 0 Å². The van der Waals surface area contributed by atoms with Crippen molar-refractivity contribution in [3.8, 4) is 11.5 Å². The quantitative estimate of drug-likeness (QED) is 0.435. The van der Waals surface area contributed by atoms with E-state index in [4.69, 9.17) is 13.9 Å². The predicted octanol–water partition coefficient (Wildman–Crippen LogP) is 3.82. The first-order valence-electron chi connectivity index (χ1n) is 10.6. The molecule has 0 fully saturated rings. The topological polar surface area (TPSA) is 123 Å². The smallest absolute Gasteiger partial charge is 0.343 e. The summed E-state index contributed by atoms with van der Waals surface area (Å²) in [5.74, 6) is -1.60. The van der Waals surface area contributed by atoms with Crippen molar-refractivity contribution in [2.75, 3.05) is 7.11 Å². The first kappa shape index (κ1) is 21.9. The van der Waals surface area contributed by atoms with E-state index in [-0.39, 0.29) is 44.4 Å². The molecule has 1 atom stereocenters. The highest BCUT2D eigenvalue weighted by Crippen LogP contribution is 2.47. The van der Waals surface area contributed by atoms with E-state index < -0.39 is 34.8 Å². The molecule has 2 heterocycles. The maximum absolute atomic E-state index is 13.6. The number of aromatic hydroxyl groups is 1. The molecule has 2 aromatic carbocycles. The number of Topliss-reactive ketones (excluding diaryl/α,β-unsaturated/α-hetero) is 1. The lowest BCUT2D eigenvalue weighted by atomic mass is 9.87.